The molecule has 1 aliphatic rings. The molecule has 0 saturated carbocycles. The number of fused-ring (bicyclic) bond motifs is 1. The van der Waals surface area contributed by atoms with Crippen LogP contribution in [0.15, 0.2) is 60.8 Å². The highest BCUT2D eigenvalue weighted by Gasteiger charge is 2.32. The summed E-state index contributed by atoms with van der Waals surface area (Å²) in [6, 6.07) is 17.4. The summed E-state index contributed by atoms with van der Waals surface area (Å²) in [4.78, 5) is 18.7. The van der Waals surface area contributed by atoms with Crippen LogP contribution >= 0.6 is 0 Å². The molecule has 0 spiro atoms. The van der Waals surface area contributed by atoms with Crippen molar-refractivity contribution < 1.29 is 9.53 Å². The lowest BCUT2D eigenvalue weighted by Crippen LogP contribution is -2.42. The third-order valence-electron chi connectivity index (χ3n) is 5.69. The first-order valence-electron chi connectivity index (χ1n) is 10.3. The van der Waals surface area contributed by atoms with E-state index >= 15 is 0 Å². The first kappa shape index (κ1) is 19.7. The molecule has 151 valence electrons. The Balaban J connectivity index is 1.54. The fourth-order valence-corrected chi connectivity index (χ4v) is 4.02. The van der Waals surface area contributed by atoms with Gasteiger partial charge >= 0.3 is 5.97 Å². The highest BCUT2D eigenvalue weighted by Crippen LogP contribution is 2.29. The van der Waals surface area contributed by atoms with Crippen LogP contribution in [0.3, 0.4) is 0 Å². The minimum absolute atomic E-state index is 0.235. The van der Waals surface area contributed by atoms with Crippen molar-refractivity contribution in [2.75, 3.05) is 19.6 Å². The molecule has 2 aromatic carbocycles. The normalized spacial score (nSPS) is 17.1. The number of hydrogen-bond acceptors (Lipinski definition) is 4. The standard InChI is InChI=1S/C24H28N3O2/c25-23(20-15-26-22-12-6-5-11-19(20)22)21(16-27-13-7-2-8-14-27)24(28)29-17-18-9-3-1-4-10-18/h1-6,9-12,15,21,23,26H,7-8,13-14,16-17,25H2. The fourth-order valence-electron chi connectivity index (χ4n) is 4.02. The lowest BCUT2D eigenvalue weighted by Gasteiger charge is -2.31. The van der Waals surface area contributed by atoms with E-state index in [4.69, 9.17) is 10.5 Å². The number of nitrogens with two attached hydrogens (primary N) is 1. The zero-order valence-corrected chi connectivity index (χ0v) is 16.6. The molecule has 0 bridgehead atoms. The first-order valence-corrected chi connectivity index (χ1v) is 10.3. The number of esters is 1. The summed E-state index contributed by atoms with van der Waals surface area (Å²) in [5.41, 5.74) is 9.65. The summed E-state index contributed by atoms with van der Waals surface area (Å²) in [7, 11) is 0. The Morgan fingerprint density at radius 2 is 1.79 bits per heavy atom. The van der Waals surface area contributed by atoms with Crippen LogP contribution in [0.1, 0.15) is 30.0 Å². The minimum Gasteiger partial charge on any atom is -0.461 e. The van der Waals surface area contributed by atoms with E-state index in [1.165, 1.54) is 0 Å². The number of rotatable bonds is 7. The Morgan fingerprint density at radius 3 is 2.59 bits per heavy atom. The van der Waals surface area contributed by atoms with Gasteiger partial charge in [-0.05, 0) is 49.5 Å². The topological polar surface area (TPSA) is 71.4 Å². The number of piperidine rings is 1. The van der Waals surface area contributed by atoms with Gasteiger partial charge in [-0.3, -0.25) is 4.79 Å². The molecule has 2 heterocycles. The summed E-state index contributed by atoms with van der Waals surface area (Å²) in [6.45, 7) is 2.80. The van der Waals surface area contributed by atoms with Crippen molar-refractivity contribution in [2.45, 2.75) is 25.5 Å². The zero-order valence-electron chi connectivity index (χ0n) is 16.6. The number of hydrogen-bond donors (Lipinski definition) is 2. The molecular weight excluding hydrogens is 362 g/mol. The monoisotopic (exact) mass is 390 g/mol. The first-order chi connectivity index (χ1) is 14.2. The number of ether oxygens (including phenoxy) is 1. The number of carbonyl (C=O) groups excluding carboxylic acids is 1. The average Bonchev–Trinajstić information content (AvgIpc) is 3.21. The van der Waals surface area contributed by atoms with E-state index in [1.54, 1.807) is 0 Å². The second-order valence-electron chi connectivity index (χ2n) is 7.68. The van der Waals surface area contributed by atoms with E-state index in [1.807, 2.05) is 60.8 Å². The molecule has 3 aromatic rings. The number of aromatic nitrogens is 1. The summed E-state index contributed by atoms with van der Waals surface area (Å²) >= 11 is 0. The van der Waals surface area contributed by atoms with Gasteiger partial charge in [0.2, 0.25) is 0 Å². The van der Waals surface area contributed by atoms with Gasteiger partial charge in [-0.1, -0.05) is 48.5 Å². The molecule has 0 aliphatic carbocycles. The number of carbonyl (C=O) groups is 1. The van der Waals surface area contributed by atoms with E-state index < -0.39 is 12.0 Å². The summed E-state index contributed by atoms with van der Waals surface area (Å²) in [5.74, 6) is -0.655. The van der Waals surface area contributed by atoms with Gasteiger partial charge in [0.05, 0.1) is 5.92 Å². The van der Waals surface area contributed by atoms with Gasteiger partial charge < -0.3 is 20.4 Å². The second-order valence-corrected chi connectivity index (χ2v) is 7.68. The molecule has 1 aromatic heterocycles. The van der Waals surface area contributed by atoms with Crippen LogP contribution < -0.4 is 5.73 Å². The maximum atomic E-state index is 13.1. The van der Waals surface area contributed by atoms with Crippen molar-refractivity contribution in [3.8, 4) is 0 Å². The molecule has 5 nitrogen and oxygen atoms in total. The van der Waals surface area contributed by atoms with Crippen LogP contribution in [-0.4, -0.2) is 35.5 Å². The van der Waals surface area contributed by atoms with E-state index in [-0.39, 0.29) is 12.6 Å². The smallest absolute Gasteiger partial charge is 0.312 e. The van der Waals surface area contributed by atoms with Crippen molar-refractivity contribution in [3.05, 3.63) is 78.3 Å². The Kier molecular flexibility index (Phi) is 6.27. The van der Waals surface area contributed by atoms with Gasteiger partial charge in [-0.2, -0.15) is 0 Å². The summed E-state index contributed by atoms with van der Waals surface area (Å²) < 4.78 is 5.70. The number of para-hydroxylation sites is 1. The van der Waals surface area contributed by atoms with Gasteiger partial charge in [0.25, 0.3) is 0 Å². The summed E-state index contributed by atoms with van der Waals surface area (Å²) in [6.07, 6.45) is 6.33. The van der Waals surface area contributed by atoms with E-state index in [0.717, 1.165) is 48.0 Å². The van der Waals surface area contributed by atoms with Crippen LogP contribution in [0.4, 0.5) is 0 Å². The van der Waals surface area contributed by atoms with Crippen LogP contribution in [0.2, 0.25) is 0 Å². The largest absolute Gasteiger partial charge is 0.461 e. The lowest BCUT2D eigenvalue weighted by atomic mass is 9.92. The van der Waals surface area contributed by atoms with Crippen molar-refractivity contribution in [2.24, 2.45) is 11.7 Å². The lowest BCUT2D eigenvalue weighted by molar-refractivity contribution is -0.151. The van der Waals surface area contributed by atoms with Gasteiger partial charge in [0.15, 0.2) is 0 Å². The Labute approximate surface area is 171 Å². The van der Waals surface area contributed by atoms with Crippen LogP contribution in [0, 0.1) is 12.3 Å². The quantitative estimate of drug-likeness (QED) is 0.602. The predicted octanol–water partition coefficient (Wildman–Crippen LogP) is 3.83. The number of likely N-dealkylation sites (tertiary alicyclic amines) is 1. The molecule has 5 heteroatoms. The Morgan fingerprint density at radius 1 is 1.07 bits per heavy atom. The molecule has 2 unspecified atom stereocenters. The minimum atomic E-state index is -0.430. The van der Waals surface area contributed by atoms with E-state index in [0.29, 0.717) is 6.54 Å². The molecule has 29 heavy (non-hydrogen) atoms. The predicted molar refractivity (Wildman–Crippen MR) is 115 cm³/mol. The molecule has 1 saturated heterocycles. The van der Waals surface area contributed by atoms with Crippen LogP contribution in [-0.2, 0) is 16.1 Å². The SMILES string of the molecule is NC(c1c[nH]c2ccccc12)C(CN1CC[CH]CC1)C(=O)OCc1ccccc1. The van der Waals surface area contributed by atoms with E-state index in [2.05, 4.69) is 16.3 Å². The maximum absolute atomic E-state index is 13.1. The highest BCUT2D eigenvalue weighted by molar-refractivity contribution is 5.84. The van der Waals surface area contributed by atoms with Crippen molar-refractivity contribution >= 4 is 16.9 Å². The van der Waals surface area contributed by atoms with Gasteiger partial charge in [0, 0.05) is 29.7 Å². The van der Waals surface area contributed by atoms with Crippen molar-refractivity contribution in [3.63, 3.8) is 0 Å². The van der Waals surface area contributed by atoms with Crippen LogP contribution in [0.25, 0.3) is 10.9 Å². The average molecular weight is 391 g/mol. The fraction of sp³-hybridized carbons (Fsp3) is 0.333. The molecular formula is C24H28N3O2. The summed E-state index contributed by atoms with van der Waals surface area (Å²) in [5, 5.41) is 1.06. The number of nitrogens with zero attached hydrogens (tertiary/aromatic N) is 1. The number of nitrogens with one attached hydrogen (secondary N) is 1. The number of benzene rings is 2. The molecule has 1 aliphatic heterocycles. The molecule has 4 rings (SSSR count). The molecule has 2 atom stereocenters. The number of H-pyrrole nitrogens is 1. The number of aromatic amines is 1. The van der Waals surface area contributed by atoms with Crippen molar-refractivity contribution in [1.82, 2.24) is 9.88 Å². The Bertz CT molecular complexity index is 931. The second kappa shape index (κ2) is 9.25. The van der Waals surface area contributed by atoms with Gasteiger partial charge in [0.1, 0.15) is 6.61 Å². The highest BCUT2D eigenvalue weighted by atomic mass is 16.5. The molecule has 3 N–H and O–H groups in total. The Hall–Kier alpha value is -2.63. The molecule has 1 fully saturated rings. The van der Waals surface area contributed by atoms with Crippen molar-refractivity contribution in [1.29, 1.82) is 0 Å². The van der Waals surface area contributed by atoms with Crippen LogP contribution in [0.5, 0.6) is 0 Å². The third-order valence-corrected chi connectivity index (χ3v) is 5.69. The van der Waals surface area contributed by atoms with E-state index in [9.17, 15) is 4.79 Å². The molecule has 0 amide bonds. The maximum Gasteiger partial charge on any atom is 0.312 e. The zero-order chi connectivity index (χ0) is 20.1. The van der Waals surface area contributed by atoms with Gasteiger partial charge in [-0.25, -0.2) is 0 Å². The third kappa shape index (κ3) is 4.69. The van der Waals surface area contributed by atoms with Gasteiger partial charge in [-0.15, -0.1) is 0 Å². The molecule has 1 radical (unpaired) electrons.